The standard InChI is InChI=1S/C14H22N2O2S/c1-3-4-15-5-7-16(8-6-15)10-12-9-13(14(17)18)19-11(12)2/h9H,3-8,10H2,1-2H3,(H,17,18). The third-order valence-electron chi connectivity index (χ3n) is 3.63. The third kappa shape index (κ3) is 3.78. The minimum absolute atomic E-state index is 0.456. The maximum absolute atomic E-state index is 11.0. The molecule has 1 aliphatic heterocycles. The molecular formula is C14H22N2O2S. The van der Waals surface area contributed by atoms with Crippen molar-refractivity contribution in [1.29, 1.82) is 0 Å². The Morgan fingerprint density at radius 1 is 1.32 bits per heavy atom. The molecule has 0 atom stereocenters. The molecule has 0 aliphatic carbocycles. The summed E-state index contributed by atoms with van der Waals surface area (Å²) < 4.78 is 0. The van der Waals surface area contributed by atoms with Crippen LogP contribution in [0.25, 0.3) is 0 Å². The van der Waals surface area contributed by atoms with Gasteiger partial charge in [-0.05, 0) is 31.5 Å². The van der Waals surface area contributed by atoms with Crippen LogP contribution in [0, 0.1) is 6.92 Å². The van der Waals surface area contributed by atoms with Gasteiger partial charge in [0.05, 0.1) is 0 Å². The topological polar surface area (TPSA) is 43.8 Å². The van der Waals surface area contributed by atoms with Crippen LogP contribution < -0.4 is 0 Å². The number of rotatable bonds is 5. The maximum atomic E-state index is 11.0. The number of hydrogen-bond donors (Lipinski definition) is 1. The fourth-order valence-corrected chi connectivity index (χ4v) is 3.38. The van der Waals surface area contributed by atoms with E-state index in [-0.39, 0.29) is 0 Å². The zero-order valence-corrected chi connectivity index (χ0v) is 12.5. The van der Waals surface area contributed by atoms with E-state index in [1.165, 1.54) is 29.9 Å². The van der Waals surface area contributed by atoms with Crippen LogP contribution in [0.15, 0.2) is 6.07 Å². The molecule has 1 aromatic rings. The van der Waals surface area contributed by atoms with E-state index in [2.05, 4.69) is 16.7 Å². The normalized spacial score (nSPS) is 17.8. The first-order chi connectivity index (χ1) is 9.10. The molecule has 2 rings (SSSR count). The van der Waals surface area contributed by atoms with Crippen LogP contribution >= 0.6 is 11.3 Å². The summed E-state index contributed by atoms with van der Waals surface area (Å²) in [6.45, 7) is 10.7. The van der Waals surface area contributed by atoms with Crippen molar-refractivity contribution in [3.05, 3.63) is 21.4 Å². The number of nitrogens with zero attached hydrogens (tertiary/aromatic N) is 2. The summed E-state index contributed by atoms with van der Waals surface area (Å²) in [6, 6.07) is 1.83. The molecule has 2 heterocycles. The summed E-state index contributed by atoms with van der Waals surface area (Å²) in [5, 5.41) is 9.01. The van der Waals surface area contributed by atoms with E-state index in [9.17, 15) is 4.79 Å². The van der Waals surface area contributed by atoms with Crippen molar-refractivity contribution >= 4 is 17.3 Å². The van der Waals surface area contributed by atoms with Gasteiger partial charge in [0.25, 0.3) is 0 Å². The number of piperazine rings is 1. The Labute approximate surface area is 118 Å². The van der Waals surface area contributed by atoms with E-state index in [0.29, 0.717) is 4.88 Å². The Balaban J connectivity index is 1.90. The second-order valence-electron chi connectivity index (χ2n) is 5.12. The largest absolute Gasteiger partial charge is 0.477 e. The summed E-state index contributed by atoms with van der Waals surface area (Å²) in [5.41, 5.74) is 1.17. The first-order valence-electron chi connectivity index (χ1n) is 6.87. The predicted octanol–water partition coefficient (Wildman–Crippen LogP) is 2.28. The highest BCUT2D eigenvalue weighted by Gasteiger charge is 2.18. The summed E-state index contributed by atoms with van der Waals surface area (Å²) in [4.78, 5) is 17.5. The number of carbonyl (C=O) groups is 1. The summed E-state index contributed by atoms with van der Waals surface area (Å²) in [6.07, 6.45) is 1.21. The van der Waals surface area contributed by atoms with E-state index in [0.717, 1.165) is 37.6 Å². The molecule has 0 amide bonds. The fraction of sp³-hybridized carbons (Fsp3) is 0.643. The highest BCUT2D eigenvalue weighted by atomic mass is 32.1. The Bertz CT molecular complexity index is 437. The number of aryl methyl sites for hydroxylation is 1. The van der Waals surface area contributed by atoms with Crippen LogP contribution in [-0.2, 0) is 6.54 Å². The smallest absolute Gasteiger partial charge is 0.345 e. The van der Waals surface area contributed by atoms with E-state index in [4.69, 9.17) is 5.11 Å². The van der Waals surface area contributed by atoms with Gasteiger partial charge in [-0.2, -0.15) is 0 Å². The molecule has 4 nitrogen and oxygen atoms in total. The Morgan fingerprint density at radius 3 is 2.47 bits per heavy atom. The maximum Gasteiger partial charge on any atom is 0.345 e. The van der Waals surface area contributed by atoms with Crippen LogP contribution in [-0.4, -0.2) is 53.6 Å². The Hall–Kier alpha value is -0.910. The number of carboxylic acid groups (broad SMARTS) is 1. The molecule has 1 N–H and O–H groups in total. The number of aromatic carboxylic acids is 1. The van der Waals surface area contributed by atoms with Gasteiger partial charge in [-0.15, -0.1) is 11.3 Å². The molecule has 1 saturated heterocycles. The van der Waals surface area contributed by atoms with Crippen molar-refractivity contribution in [2.75, 3.05) is 32.7 Å². The van der Waals surface area contributed by atoms with Crippen LogP contribution in [0.5, 0.6) is 0 Å². The van der Waals surface area contributed by atoms with Crippen LogP contribution in [0.4, 0.5) is 0 Å². The van der Waals surface area contributed by atoms with E-state index in [1.807, 2.05) is 13.0 Å². The zero-order chi connectivity index (χ0) is 13.8. The van der Waals surface area contributed by atoms with E-state index >= 15 is 0 Å². The van der Waals surface area contributed by atoms with Gasteiger partial charge < -0.3 is 10.0 Å². The highest BCUT2D eigenvalue weighted by Crippen LogP contribution is 2.23. The van der Waals surface area contributed by atoms with Gasteiger partial charge in [0, 0.05) is 37.6 Å². The molecule has 0 unspecified atom stereocenters. The minimum Gasteiger partial charge on any atom is -0.477 e. The van der Waals surface area contributed by atoms with Gasteiger partial charge in [0.15, 0.2) is 0 Å². The van der Waals surface area contributed by atoms with E-state index in [1.54, 1.807) is 0 Å². The molecule has 106 valence electrons. The molecule has 1 aromatic heterocycles. The summed E-state index contributed by atoms with van der Waals surface area (Å²) >= 11 is 1.38. The van der Waals surface area contributed by atoms with Gasteiger partial charge in [0.1, 0.15) is 4.88 Å². The lowest BCUT2D eigenvalue weighted by atomic mass is 10.2. The van der Waals surface area contributed by atoms with Crippen molar-refractivity contribution < 1.29 is 9.90 Å². The molecule has 0 aromatic carbocycles. The second kappa shape index (κ2) is 6.50. The summed E-state index contributed by atoms with van der Waals surface area (Å²) in [7, 11) is 0. The number of carboxylic acids is 1. The fourth-order valence-electron chi connectivity index (χ4n) is 2.51. The minimum atomic E-state index is -0.813. The molecule has 5 heteroatoms. The van der Waals surface area contributed by atoms with Crippen molar-refractivity contribution in [2.45, 2.75) is 26.8 Å². The lowest BCUT2D eigenvalue weighted by Crippen LogP contribution is -2.45. The Kier molecular flexibility index (Phi) is 4.96. The number of hydrogen-bond acceptors (Lipinski definition) is 4. The first kappa shape index (κ1) is 14.5. The number of thiophene rings is 1. The van der Waals surface area contributed by atoms with Gasteiger partial charge in [0.2, 0.25) is 0 Å². The lowest BCUT2D eigenvalue weighted by Gasteiger charge is -2.34. The quantitative estimate of drug-likeness (QED) is 0.900. The van der Waals surface area contributed by atoms with Crippen molar-refractivity contribution in [1.82, 2.24) is 9.80 Å². The molecule has 0 radical (unpaired) electrons. The van der Waals surface area contributed by atoms with Crippen molar-refractivity contribution in [3.63, 3.8) is 0 Å². The molecule has 0 spiro atoms. The van der Waals surface area contributed by atoms with Crippen LogP contribution in [0.1, 0.15) is 33.5 Å². The van der Waals surface area contributed by atoms with E-state index < -0.39 is 5.97 Å². The lowest BCUT2D eigenvalue weighted by molar-refractivity contribution is 0.0702. The monoisotopic (exact) mass is 282 g/mol. The molecule has 0 saturated carbocycles. The van der Waals surface area contributed by atoms with Gasteiger partial charge in [-0.25, -0.2) is 4.79 Å². The highest BCUT2D eigenvalue weighted by molar-refractivity contribution is 7.14. The first-order valence-corrected chi connectivity index (χ1v) is 7.69. The van der Waals surface area contributed by atoms with Gasteiger partial charge in [-0.1, -0.05) is 6.92 Å². The molecular weight excluding hydrogens is 260 g/mol. The van der Waals surface area contributed by atoms with Crippen LogP contribution in [0.3, 0.4) is 0 Å². The van der Waals surface area contributed by atoms with Gasteiger partial charge in [-0.3, -0.25) is 4.90 Å². The third-order valence-corrected chi connectivity index (χ3v) is 4.71. The predicted molar refractivity (Wildman–Crippen MR) is 78.0 cm³/mol. The molecule has 19 heavy (non-hydrogen) atoms. The van der Waals surface area contributed by atoms with Crippen molar-refractivity contribution in [3.8, 4) is 0 Å². The molecule has 0 bridgehead atoms. The second-order valence-corrected chi connectivity index (χ2v) is 6.37. The molecule has 1 fully saturated rings. The average Bonchev–Trinajstić information content (AvgIpc) is 2.74. The van der Waals surface area contributed by atoms with Crippen molar-refractivity contribution in [2.24, 2.45) is 0 Å². The average molecular weight is 282 g/mol. The van der Waals surface area contributed by atoms with Gasteiger partial charge >= 0.3 is 5.97 Å². The van der Waals surface area contributed by atoms with Crippen LogP contribution in [0.2, 0.25) is 0 Å². The Morgan fingerprint density at radius 2 is 1.95 bits per heavy atom. The molecule has 1 aliphatic rings. The SMILES string of the molecule is CCCN1CCN(Cc2cc(C(=O)O)sc2C)CC1. The zero-order valence-electron chi connectivity index (χ0n) is 11.7. The summed E-state index contributed by atoms with van der Waals surface area (Å²) in [5.74, 6) is -0.813.